The molecule has 1 N–H and O–H groups in total. The molecule has 1 aromatic heterocycles. The molecule has 1 aliphatic heterocycles. The molecule has 1 aliphatic rings. The van der Waals surface area contributed by atoms with Gasteiger partial charge in [-0.3, -0.25) is 4.79 Å². The van der Waals surface area contributed by atoms with Gasteiger partial charge in [0.15, 0.2) is 0 Å². The Morgan fingerprint density at radius 3 is 2.59 bits per heavy atom. The number of carbonyl (C=O) groups excluding carboxylic acids is 1. The van der Waals surface area contributed by atoms with Gasteiger partial charge in [0.25, 0.3) is 5.91 Å². The van der Waals surface area contributed by atoms with Crippen LogP contribution in [0.15, 0.2) is 24.3 Å². The topological polar surface area (TPSA) is 65.4 Å². The van der Waals surface area contributed by atoms with Gasteiger partial charge < -0.3 is 14.8 Å². The minimum atomic E-state index is -4.57. The molecule has 1 unspecified atom stereocenters. The molecule has 3 rings (SSSR count). The van der Waals surface area contributed by atoms with Crippen LogP contribution in [0.3, 0.4) is 0 Å². The van der Waals surface area contributed by atoms with Crippen LogP contribution < -0.4 is 10.1 Å². The van der Waals surface area contributed by atoms with Crippen molar-refractivity contribution in [3.05, 3.63) is 41.1 Å². The monoisotopic (exact) mass is 453 g/mol. The fourth-order valence-electron chi connectivity index (χ4n) is 3.73. The number of nitrogens with one attached hydrogen (secondary N) is 1. The average Bonchev–Trinajstić information content (AvgIpc) is 3.06. The Kier molecular flexibility index (Phi) is 7.17. The van der Waals surface area contributed by atoms with E-state index in [-0.39, 0.29) is 22.8 Å². The zero-order valence-corrected chi connectivity index (χ0v) is 18.9. The second-order valence-corrected chi connectivity index (χ2v) is 9.30. The lowest BCUT2D eigenvalue weighted by atomic mass is 9.91. The Labute approximate surface area is 186 Å². The number of hydrogen-bond acceptors (Lipinski definition) is 4. The Hall–Kier alpha value is -2.55. The molecule has 1 fully saturated rings. The van der Waals surface area contributed by atoms with E-state index >= 15 is 0 Å². The Morgan fingerprint density at radius 1 is 1.25 bits per heavy atom. The number of aromatic nitrogens is 2. The SMILES string of the molecule is COc1ccc(C(F)(F)F)cc1C(=O)Nc1cc(CC(C)(C)C)nn1CC1CCCCO1. The number of halogens is 3. The van der Waals surface area contributed by atoms with E-state index in [1.54, 1.807) is 10.7 Å². The summed E-state index contributed by atoms with van der Waals surface area (Å²) in [7, 11) is 1.31. The first kappa shape index (κ1) is 24.1. The van der Waals surface area contributed by atoms with E-state index in [2.05, 4.69) is 31.2 Å². The molecule has 0 saturated carbocycles. The highest BCUT2D eigenvalue weighted by atomic mass is 19.4. The van der Waals surface area contributed by atoms with Crippen LogP contribution in [-0.4, -0.2) is 35.5 Å². The van der Waals surface area contributed by atoms with Crippen molar-refractivity contribution in [3.8, 4) is 5.75 Å². The standard InChI is InChI=1S/C23H30F3N3O3/c1-22(2,3)13-16-12-20(29(28-16)14-17-7-5-6-10-32-17)27-21(30)18-11-15(23(24,25)26)8-9-19(18)31-4/h8-9,11-12,17H,5-7,10,13-14H2,1-4H3,(H,27,30). The number of benzene rings is 1. The average molecular weight is 454 g/mol. The summed E-state index contributed by atoms with van der Waals surface area (Å²) in [4.78, 5) is 13.0. The highest BCUT2D eigenvalue weighted by Gasteiger charge is 2.32. The predicted octanol–water partition coefficient (Wildman–Crippen LogP) is 5.32. The van der Waals surface area contributed by atoms with Gasteiger partial charge in [-0.15, -0.1) is 0 Å². The molecule has 9 heteroatoms. The Bertz CT molecular complexity index is 942. The molecule has 2 heterocycles. The van der Waals surface area contributed by atoms with E-state index in [1.807, 2.05) is 0 Å². The number of hydrogen-bond donors (Lipinski definition) is 1. The fraction of sp³-hybridized carbons (Fsp3) is 0.565. The minimum Gasteiger partial charge on any atom is -0.496 e. The van der Waals surface area contributed by atoms with Gasteiger partial charge in [-0.25, -0.2) is 4.68 Å². The first-order chi connectivity index (χ1) is 15.0. The van der Waals surface area contributed by atoms with Gasteiger partial charge in [-0.1, -0.05) is 20.8 Å². The molecule has 176 valence electrons. The van der Waals surface area contributed by atoms with Gasteiger partial charge >= 0.3 is 6.18 Å². The molecule has 6 nitrogen and oxygen atoms in total. The quantitative estimate of drug-likeness (QED) is 0.643. The zero-order chi connectivity index (χ0) is 23.5. The van der Waals surface area contributed by atoms with Crippen LogP contribution in [-0.2, 0) is 23.9 Å². The zero-order valence-electron chi connectivity index (χ0n) is 18.9. The van der Waals surface area contributed by atoms with Crippen molar-refractivity contribution in [3.63, 3.8) is 0 Å². The molecule has 1 aromatic carbocycles. The van der Waals surface area contributed by atoms with E-state index < -0.39 is 17.6 Å². The van der Waals surface area contributed by atoms with Gasteiger partial charge in [-0.2, -0.15) is 18.3 Å². The molecule has 0 spiro atoms. The van der Waals surface area contributed by atoms with Crippen LogP contribution in [0.4, 0.5) is 19.0 Å². The summed E-state index contributed by atoms with van der Waals surface area (Å²) in [5, 5.41) is 7.38. The molecule has 0 aliphatic carbocycles. The van der Waals surface area contributed by atoms with Crippen molar-refractivity contribution in [1.29, 1.82) is 0 Å². The van der Waals surface area contributed by atoms with Crippen molar-refractivity contribution in [2.75, 3.05) is 19.0 Å². The molecular weight excluding hydrogens is 423 g/mol. The summed E-state index contributed by atoms with van der Waals surface area (Å²) >= 11 is 0. The van der Waals surface area contributed by atoms with Gasteiger partial charge in [0.05, 0.1) is 36.6 Å². The third-order valence-electron chi connectivity index (χ3n) is 5.21. The maximum absolute atomic E-state index is 13.2. The van der Waals surface area contributed by atoms with Gasteiger partial charge in [-0.05, 0) is 49.3 Å². The van der Waals surface area contributed by atoms with Crippen molar-refractivity contribution in [2.45, 2.75) is 65.3 Å². The fourth-order valence-corrected chi connectivity index (χ4v) is 3.73. The Balaban J connectivity index is 1.90. The molecule has 32 heavy (non-hydrogen) atoms. The van der Waals surface area contributed by atoms with Crippen LogP contribution in [0.25, 0.3) is 0 Å². The lowest BCUT2D eigenvalue weighted by Crippen LogP contribution is -2.26. The van der Waals surface area contributed by atoms with E-state index in [4.69, 9.17) is 9.47 Å². The highest BCUT2D eigenvalue weighted by molar-refractivity contribution is 6.06. The lowest BCUT2D eigenvalue weighted by molar-refractivity contribution is -0.137. The predicted molar refractivity (Wildman–Crippen MR) is 115 cm³/mol. The van der Waals surface area contributed by atoms with Crippen molar-refractivity contribution in [1.82, 2.24) is 9.78 Å². The van der Waals surface area contributed by atoms with Gasteiger partial charge in [0.1, 0.15) is 11.6 Å². The summed E-state index contributed by atoms with van der Waals surface area (Å²) in [6, 6.07) is 4.61. The van der Waals surface area contributed by atoms with Crippen molar-refractivity contribution < 1.29 is 27.4 Å². The first-order valence-corrected chi connectivity index (χ1v) is 10.7. The van der Waals surface area contributed by atoms with E-state index in [1.165, 1.54) is 7.11 Å². The van der Waals surface area contributed by atoms with Crippen LogP contribution in [0.5, 0.6) is 5.75 Å². The second kappa shape index (κ2) is 9.52. The largest absolute Gasteiger partial charge is 0.496 e. The normalized spacial score (nSPS) is 17.3. The van der Waals surface area contributed by atoms with Crippen LogP contribution in [0.1, 0.15) is 61.6 Å². The number of alkyl halides is 3. The van der Waals surface area contributed by atoms with Gasteiger partial charge in [0, 0.05) is 12.7 Å². The molecular formula is C23H30F3N3O3. The number of methoxy groups -OCH3 is 1. The van der Waals surface area contributed by atoms with Gasteiger partial charge in [0.2, 0.25) is 0 Å². The number of anilines is 1. The molecule has 0 radical (unpaired) electrons. The van der Waals surface area contributed by atoms with E-state index in [9.17, 15) is 18.0 Å². The number of ether oxygens (including phenoxy) is 2. The smallest absolute Gasteiger partial charge is 0.416 e. The van der Waals surface area contributed by atoms with Crippen molar-refractivity contribution in [2.24, 2.45) is 5.41 Å². The van der Waals surface area contributed by atoms with Crippen LogP contribution in [0.2, 0.25) is 0 Å². The van der Waals surface area contributed by atoms with Crippen LogP contribution >= 0.6 is 0 Å². The number of amides is 1. The summed E-state index contributed by atoms with van der Waals surface area (Å²) < 4.78 is 52.1. The highest BCUT2D eigenvalue weighted by Crippen LogP contribution is 2.33. The third kappa shape index (κ3) is 6.25. The van der Waals surface area contributed by atoms with E-state index in [0.29, 0.717) is 25.4 Å². The third-order valence-corrected chi connectivity index (χ3v) is 5.21. The second-order valence-electron chi connectivity index (χ2n) is 9.30. The number of nitrogens with zero attached hydrogens (tertiary/aromatic N) is 2. The molecule has 1 saturated heterocycles. The van der Waals surface area contributed by atoms with Crippen LogP contribution in [0, 0.1) is 5.41 Å². The Morgan fingerprint density at radius 2 is 2.00 bits per heavy atom. The number of carbonyl (C=O) groups is 1. The van der Waals surface area contributed by atoms with E-state index in [0.717, 1.165) is 43.2 Å². The summed E-state index contributed by atoms with van der Waals surface area (Å²) in [6.07, 6.45) is -0.940. The molecule has 1 amide bonds. The molecule has 0 bridgehead atoms. The number of rotatable bonds is 6. The van der Waals surface area contributed by atoms with Crippen molar-refractivity contribution >= 4 is 11.7 Å². The maximum atomic E-state index is 13.2. The summed E-state index contributed by atoms with van der Waals surface area (Å²) in [5.74, 6) is -0.212. The summed E-state index contributed by atoms with van der Waals surface area (Å²) in [5.41, 5.74) is -0.339. The maximum Gasteiger partial charge on any atom is 0.416 e. The lowest BCUT2D eigenvalue weighted by Gasteiger charge is -2.23. The molecule has 1 atom stereocenters. The molecule has 2 aromatic rings. The minimum absolute atomic E-state index is 0.0218. The summed E-state index contributed by atoms with van der Waals surface area (Å²) in [6.45, 7) is 7.40. The first-order valence-electron chi connectivity index (χ1n) is 10.7.